The molecule has 0 saturated carbocycles. The van der Waals surface area contributed by atoms with Crippen LogP contribution in [0.25, 0.3) is 21.9 Å². The molecule has 1 fully saturated rings. The molecule has 0 atom stereocenters. The van der Waals surface area contributed by atoms with E-state index in [0.717, 1.165) is 64.5 Å². The predicted molar refractivity (Wildman–Crippen MR) is 130 cm³/mol. The van der Waals surface area contributed by atoms with E-state index in [4.69, 9.17) is 9.47 Å². The summed E-state index contributed by atoms with van der Waals surface area (Å²) >= 11 is 0. The molecule has 0 spiro atoms. The lowest BCUT2D eigenvalue weighted by Gasteiger charge is -2.36. The maximum absolute atomic E-state index is 12.5. The summed E-state index contributed by atoms with van der Waals surface area (Å²) in [4.78, 5) is 14.4. The number of fused-ring (bicyclic) bond motifs is 2. The molecule has 33 heavy (non-hydrogen) atoms. The summed E-state index contributed by atoms with van der Waals surface area (Å²) in [6, 6.07) is 28.4. The van der Waals surface area contributed by atoms with Gasteiger partial charge in [0.2, 0.25) is 0 Å². The van der Waals surface area contributed by atoms with Crippen LogP contribution >= 0.6 is 0 Å². The van der Waals surface area contributed by atoms with Gasteiger partial charge in [0.25, 0.3) is 5.91 Å². The van der Waals surface area contributed by atoms with E-state index < -0.39 is 0 Å². The molecule has 5 nitrogen and oxygen atoms in total. The molecule has 2 aliphatic rings. The number of para-hydroxylation sites is 1. The zero-order chi connectivity index (χ0) is 22.2. The van der Waals surface area contributed by atoms with E-state index in [1.54, 1.807) is 0 Å². The van der Waals surface area contributed by atoms with Gasteiger partial charge in [0.15, 0.2) is 6.61 Å². The molecule has 0 aromatic heterocycles. The van der Waals surface area contributed by atoms with Gasteiger partial charge in [-0.15, -0.1) is 0 Å². The minimum absolute atomic E-state index is 0.0193. The fourth-order valence-electron chi connectivity index (χ4n) is 4.51. The summed E-state index contributed by atoms with van der Waals surface area (Å²) in [5.74, 6) is 2.84. The Balaban J connectivity index is 1.40. The molecule has 0 radical (unpaired) electrons. The Morgan fingerprint density at radius 1 is 0.909 bits per heavy atom. The summed E-state index contributed by atoms with van der Waals surface area (Å²) in [5, 5.41) is 5.53. The van der Waals surface area contributed by atoms with Crippen molar-refractivity contribution in [2.75, 3.05) is 31.1 Å². The third kappa shape index (κ3) is 3.81. The number of nitrogens with one attached hydrogen (secondary N) is 1. The van der Waals surface area contributed by atoms with E-state index in [-0.39, 0.29) is 12.5 Å². The molecule has 4 aromatic carbocycles. The summed E-state index contributed by atoms with van der Waals surface area (Å²) < 4.78 is 12.0. The van der Waals surface area contributed by atoms with Crippen molar-refractivity contribution in [2.24, 2.45) is 5.92 Å². The SMILES string of the molecule is O=C1COc2cc(-c3cc(Oc4ccccc4)cc4ccccc34)ccc2N1CC1CNC1. The van der Waals surface area contributed by atoms with Crippen LogP contribution in [0.15, 0.2) is 84.9 Å². The van der Waals surface area contributed by atoms with Crippen molar-refractivity contribution in [1.29, 1.82) is 0 Å². The maximum atomic E-state index is 12.5. The van der Waals surface area contributed by atoms with E-state index in [0.29, 0.717) is 5.92 Å². The summed E-state index contributed by atoms with van der Waals surface area (Å²) in [5.41, 5.74) is 2.95. The molecule has 0 bridgehead atoms. The highest BCUT2D eigenvalue weighted by Gasteiger charge is 2.30. The molecule has 5 heteroatoms. The number of amides is 1. The molecular formula is C28H24N2O3. The van der Waals surface area contributed by atoms with Gasteiger partial charge in [-0.05, 0) is 58.3 Å². The zero-order valence-electron chi connectivity index (χ0n) is 18.2. The van der Waals surface area contributed by atoms with Gasteiger partial charge in [-0.1, -0.05) is 48.5 Å². The number of hydrogen-bond acceptors (Lipinski definition) is 4. The standard InChI is InChI=1S/C28H24N2O3/c31-28-18-32-27-13-21(10-11-26(27)30(28)17-19-15-29-16-19)25-14-23(33-22-7-2-1-3-8-22)12-20-6-4-5-9-24(20)25/h1-14,19,29H,15-18H2. The molecule has 1 N–H and O–H groups in total. The Morgan fingerprint density at radius 3 is 2.55 bits per heavy atom. The van der Waals surface area contributed by atoms with E-state index >= 15 is 0 Å². The fraction of sp³-hybridized carbons (Fsp3) is 0.179. The fourth-order valence-corrected chi connectivity index (χ4v) is 4.51. The predicted octanol–water partition coefficient (Wildman–Crippen LogP) is 5.24. The third-order valence-corrected chi connectivity index (χ3v) is 6.33. The number of benzene rings is 4. The summed E-state index contributed by atoms with van der Waals surface area (Å²) in [6.07, 6.45) is 0. The molecule has 2 heterocycles. The Bertz CT molecular complexity index is 1330. The second kappa shape index (κ2) is 8.26. The quantitative estimate of drug-likeness (QED) is 0.465. The van der Waals surface area contributed by atoms with Crippen LogP contribution < -0.4 is 19.7 Å². The van der Waals surface area contributed by atoms with Crippen molar-refractivity contribution in [2.45, 2.75) is 0 Å². The lowest BCUT2D eigenvalue weighted by Crippen LogP contribution is -2.51. The molecule has 2 aliphatic heterocycles. The van der Waals surface area contributed by atoms with Crippen molar-refractivity contribution in [1.82, 2.24) is 5.32 Å². The van der Waals surface area contributed by atoms with E-state index in [1.165, 1.54) is 0 Å². The molecule has 1 saturated heterocycles. The number of anilines is 1. The molecule has 0 unspecified atom stereocenters. The average molecular weight is 437 g/mol. The first-order chi connectivity index (χ1) is 16.2. The van der Waals surface area contributed by atoms with Crippen LogP contribution in [0.2, 0.25) is 0 Å². The Labute approximate surface area is 192 Å². The summed E-state index contributed by atoms with van der Waals surface area (Å²) in [6.45, 7) is 2.72. The number of carbonyl (C=O) groups is 1. The van der Waals surface area contributed by atoms with E-state index in [1.807, 2.05) is 59.5 Å². The monoisotopic (exact) mass is 436 g/mol. The average Bonchev–Trinajstić information content (AvgIpc) is 2.82. The first-order valence-corrected chi connectivity index (χ1v) is 11.3. The molecule has 4 aromatic rings. The molecule has 1 amide bonds. The summed E-state index contributed by atoms with van der Waals surface area (Å²) in [7, 11) is 0. The highest BCUT2D eigenvalue weighted by atomic mass is 16.5. The van der Waals surface area contributed by atoms with Crippen LogP contribution in [-0.2, 0) is 4.79 Å². The second-order valence-electron chi connectivity index (χ2n) is 8.61. The van der Waals surface area contributed by atoms with Gasteiger partial charge in [-0.25, -0.2) is 0 Å². The van der Waals surface area contributed by atoms with Crippen molar-refractivity contribution in [3.63, 3.8) is 0 Å². The van der Waals surface area contributed by atoms with Gasteiger partial charge < -0.3 is 19.7 Å². The van der Waals surface area contributed by atoms with Crippen LogP contribution in [0.5, 0.6) is 17.2 Å². The van der Waals surface area contributed by atoms with Gasteiger partial charge in [0.1, 0.15) is 17.2 Å². The molecule has 164 valence electrons. The number of rotatable bonds is 5. The van der Waals surface area contributed by atoms with Gasteiger partial charge in [0.05, 0.1) is 5.69 Å². The largest absolute Gasteiger partial charge is 0.482 e. The minimum Gasteiger partial charge on any atom is -0.482 e. The van der Waals surface area contributed by atoms with Crippen LogP contribution in [0.3, 0.4) is 0 Å². The smallest absolute Gasteiger partial charge is 0.265 e. The maximum Gasteiger partial charge on any atom is 0.265 e. The van der Waals surface area contributed by atoms with Crippen LogP contribution in [0, 0.1) is 5.92 Å². The van der Waals surface area contributed by atoms with Gasteiger partial charge in [-0.3, -0.25) is 4.79 Å². The Hall–Kier alpha value is -3.83. The van der Waals surface area contributed by atoms with Crippen molar-refractivity contribution < 1.29 is 14.3 Å². The van der Waals surface area contributed by atoms with Crippen molar-refractivity contribution in [3.8, 4) is 28.4 Å². The lowest BCUT2D eigenvalue weighted by atomic mass is 9.96. The van der Waals surface area contributed by atoms with Crippen molar-refractivity contribution >= 4 is 22.4 Å². The van der Waals surface area contributed by atoms with Crippen molar-refractivity contribution in [3.05, 3.63) is 84.9 Å². The number of carbonyl (C=O) groups excluding carboxylic acids is 1. The van der Waals surface area contributed by atoms with E-state index in [2.05, 4.69) is 35.6 Å². The second-order valence-corrected chi connectivity index (χ2v) is 8.61. The first-order valence-electron chi connectivity index (χ1n) is 11.3. The van der Waals surface area contributed by atoms with Crippen LogP contribution in [0.4, 0.5) is 5.69 Å². The Morgan fingerprint density at radius 2 is 1.73 bits per heavy atom. The van der Waals surface area contributed by atoms with Gasteiger partial charge in [-0.2, -0.15) is 0 Å². The molecule has 6 rings (SSSR count). The van der Waals surface area contributed by atoms with Crippen LogP contribution in [0.1, 0.15) is 0 Å². The van der Waals surface area contributed by atoms with Gasteiger partial charge in [0, 0.05) is 25.6 Å². The topological polar surface area (TPSA) is 50.8 Å². The van der Waals surface area contributed by atoms with E-state index in [9.17, 15) is 4.79 Å². The number of ether oxygens (including phenoxy) is 2. The Kier molecular flexibility index (Phi) is 4.96. The zero-order valence-corrected chi connectivity index (χ0v) is 18.2. The number of nitrogens with zero attached hydrogens (tertiary/aromatic N) is 1. The number of hydrogen-bond donors (Lipinski definition) is 1. The molecular weight excluding hydrogens is 412 g/mol. The third-order valence-electron chi connectivity index (χ3n) is 6.33. The van der Waals surface area contributed by atoms with Crippen LogP contribution in [-0.4, -0.2) is 32.1 Å². The minimum atomic E-state index is 0.0193. The highest BCUT2D eigenvalue weighted by molar-refractivity contribution is 6.01. The first kappa shape index (κ1) is 19.8. The lowest BCUT2D eigenvalue weighted by molar-refractivity contribution is -0.121. The van der Waals surface area contributed by atoms with Gasteiger partial charge >= 0.3 is 0 Å². The molecule has 0 aliphatic carbocycles. The normalized spacial score (nSPS) is 15.6. The highest BCUT2D eigenvalue weighted by Crippen LogP contribution is 2.40.